The highest BCUT2D eigenvalue weighted by Crippen LogP contribution is 2.28. The first-order valence-electron chi connectivity index (χ1n) is 10.7. The minimum absolute atomic E-state index is 0.00146. The number of aliphatic carboxylic acids is 1. The fraction of sp³-hybridized carbons (Fsp3) is 0.375. The summed E-state index contributed by atoms with van der Waals surface area (Å²) in [6.07, 6.45) is 3.55. The van der Waals surface area contributed by atoms with Crippen LogP contribution in [0, 0.1) is 5.92 Å². The Morgan fingerprint density at radius 3 is 2.25 bits per heavy atom. The van der Waals surface area contributed by atoms with Crippen molar-refractivity contribution in [3.8, 4) is 5.75 Å². The molecule has 0 aromatic heterocycles. The van der Waals surface area contributed by atoms with Gasteiger partial charge in [0.25, 0.3) is 0 Å². The van der Waals surface area contributed by atoms with Gasteiger partial charge in [0.15, 0.2) is 5.78 Å². The molecule has 0 atom stereocenters. The highest BCUT2D eigenvalue weighted by atomic mass is 35.5. The molecule has 2 aromatic carbocycles. The SMILES string of the molecule is O=C(NCCCC(=O)c1ccc(OC2CCC(C(=O)O)CC2)cc1)Nc1ccc(Cl)cc1. The lowest BCUT2D eigenvalue weighted by molar-refractivity contribution is -0.143. The molecule has 1 aliphatic rings. The lowest BCUT2D eigenvalue weighted by Crippen LogP contribution is -2.29. The molecule has 0 bridgehead atoms. The quantitative estimate of drug-likeness (QED) is 0.356. The van der Waals surface area contributed by atoms with E-state index in [1.165, 1.54) is 0 Å². The van der Waals surface area contributed by atoms with E-state index in [0.717, 1.165) is 12.8 Å². The summed E-state index contributed by atoms with van der Waals surface area (Å²) in [6, 6.07) is 13.5. The molecule has 3 rings (SSSR count). The van der Waals surface area contributed by atoms with Crippen LogP contribution in [-0.4, -0.2) is 35.5 Å². The Hall–Kier alpha value is -3.06. The van der Waals surface area contributed by atoms with Crippen LogP contribution < -0.4 is 15.4 Å². The molecule has 0 saturated heterocycles. The summed E-state index contributed by atoms with van der Waals surface area (Å²) in [7, 11) is 0. The molecule has 0 spiro atoms. The second-order valence-corrected chi connectivity index (χ2v) is 8.31. The first-order valence-corrected chi connectivity index (χ1v) is 11.1. The number of amides is 2. The van der Waals surface area contributed by atoms with E-state index in [-0.39, 0.29) is 23.8 Å². The van der Waals surface area contributed by atoms with Crippen molar-refractivity contribution in [3.63, 3.8) is 0 Å². The lowest BCUT2D eigenvalue weighted by atomic mass is 9.87. The first-order chi connectivity index (χ1) is 15.4. The highest BCUT2D eigenvalue weighted by Gasteiger charge is 2.26. The minimum Gasteiger partial charge on any atom is -0.490 e. The number of urea groups is 1. The van der Waals surface area contributed by atoms with E-state index >= 15 is 0 Å². The molecule has 0 aliphatic heterocycles. The molecule has 1 fully saturated rings. The fourth-order valence-corrected chi connectivity index (χ4v) is 3.77. The van der Waals surface area contributed by atoms with Crippen molar-refractivity contribution in [1.82, 2.24) is 5.32 Å². The van der Waals surface area contributed by atoms with Crippen molar-refractivity contribution >= 4 is 35.1 Å². The van der Waals surface area contributed by atoms with Crippen LogP contribution in [-0.2, 0) is 4.79 Å². The van der Waals surface area contributed by atoms with E-state index in [9.17, 15) is 14.4 Å². The van der Waals surface area contributed by atoms with Crippen LogP contribution in [0.3, 0.4) is 0 Å². The van der Waals surface area contributed by atoms with Crippen LogP contribution in [0.1, 0.15) is 48.9 Å². The predicted octanol–water partition coefficient (Wildman–Crippen LogP) is 5.15. The maximum Gasteiger partial charge on any atom is 0.319 e. The number of rotatable bonds is 9. The zero-order chi connectivity index (χ0) is 22.9. The number of ketones is 1. The van der Waals surface area contributed by atoms with Crippen molar-refractivity contribution in [2.45, 2.75) is 44.6 Å². The van der Waals surface area contributed by atoms with Crippen LogP contribution in [0.4, 0.5) is 10.5 Å². The van der Waals surface area contributed by atoms with Gasteiger partial charge in [-0.25, -0.2) is 4.79 Å². The van der Waals surface area contributed by atoms with Gasteiger partial charge < -0.3 is 20.5 Å². The minimum atomic E-state index is -0.733. The number of ether oxygens (including phenoxy) is 1. The number of carbonyl (C=O) groups is 3. The Bertz CT molecular complexity index is 922. The molecular formula is C24H27ClN2O5. The number of benzene rings is 2. The molecule has 170 valence electrons. The van der Waals surface area contributed by atoms with Crippen molar-refractivity contribution in [2.75, 3.05) is 11.9 Å². The number of Topliss-reactive ketones (excluding diaryl/α,β-unsaturated/α-hetero) is 1. The van der Waals surface area contributed by atoms with Gasteiger partial charge in [0.2, 0.25) is 0 Å². The van der Waals surface area contributed by atoms with Gasteiger partial charge in [-0.05, 0) is 80.6 Å². The number of halogens is 1. The van der Waals surface area contributed by atoms with E-state index in [0.29, 0.717) is 54.3 Å². The van der Waals surface area contributed by atoms with E-state index in [4.69, 9.17) is 21.4 Å². The maximum absolute atomic E-state index is 12.4. The standard InChI is InChI=1S/C24H27ClN2O5/c25-18-7-9-19(10-8-18)27-24(31)26-15-1-2-22(28)16-3-11-20(12-4-16)32-21-13-5-17(6-14-21)23(29)30/h3-4,7-12,17,21H,1-2,5-6,13-15H2,(H,29,30)(H2,26,27,31). The maximum atomic E-state index is 12.4. The molecular weight excluding hydrogens is 432 g/mol. The summed E-state index contributed by atoms with van der Waals surface area (Å²) in [4.78, 5) is 35.3. The summed E-state index contributed by atoms with van der Waals surface area (Å²) in [6.45, 7) is 0.380. The average Bonchev–Trinajstić information content (AvgIpc) is 2.79. The number of hydrogen-bond acceptors (Lipinski definition) is 4. The second-order valence-electron chi connectivity index (χ2n) is 7.87. The average molecular weight is 459 g/mol. The fourth-order valence-electron chi connectivity index (χ4n) is 3.64. The number of anilines is 1. The Morgan fingerprint density at radius 1 is 0.969 bits per heavy atom. The topological polar surface area (TPSA) is 105 Å². The molecule has 1 aliphatic carbocycles. The third-order valence-electron chi connectivity index (χ3n) is 5.47. The summed E-state index contributed by atoms with van der Waals surface area (Å²) in [5, 5.41) is 15.1. The van der Waals surface area contributed by atoms with Gasteiger partial charge in [-0.15, -0.1) is 0 Å². The Morgan fingerprint density at radius 2 is 1.62 bits per heavy atom. The summed E-state index contributed by atoms with van der Waals surface area (Å²) in [5.41, 5.74) is 1.23. The Kier molecular flexibility index (Phi) is 8.50. The highest BCUT2D eigenvalue weighted by molar-refractivity contribution is 6.30. The Balaban J connectivity index is 1.35. The predicted molar refractivity (Wildman–Crippen MR) is 122 cm³/mol. The van der Waals surface area contributed by atoms with Crippen molar-refractivity contribution in [1.29, 1.82) is 0 Å². The summed E-state index contributed by atoms with van der Waals surface area (Å²) in [5.74, 6) is -0.323. The molecule has 0 radical (unpaired) electrons. The molecule has 32 heavy (non-hydrogen) atoms. The normalized spacial score (nSPS) is 17.9. The van der Waals surface area contributed by atoms with Crippen LogP contribution >= 0.6 is 11.6 Å². The lowest BCUT2D eigenvalue weighted by Gasteiger charge is -2.26. The second kappa shape index (κ2) is 11.5. The van der Waals surface area contributed by atoms with Crippen LogP contribution in [0.15, 0.2) is 48.5 Å². The summed E-state index contributed by atoms with van der Waals surface area (Å²) >= 11 is 5.81. The molecule has 1 saturated carbocycles. The number of carboxylic acid groups (broad SMARTS) is 1. The van der Waals surface area contributed by atoms with Gasteiger partial charge in [-0.3, -0.25) is 9.59 Å². The van der Waals surface area contributed by atoms with Gasteiger partial charge in [0, 0.05) is 29.2 Å². The summed E-state index contributed by atoms with van der Waals surface area (Å²) < 4.78 is 5.93. The third kappa shape index (κ3) is 7.27. The molecule has 3 N–H and O–H groups in total. The molecule has 0 unspecified atom stereocenters. The first kappa shape index (κ1) is 23.6. The third-order valence-corrected chi connectivity index (χ3v) is 5.72. The van der Waals surface area contributed by atoms with E-state index < -0.39 is 5.97 Å². The van der Waals surface area contributed by atoms with Crippen molar-refractivity contribution < 1.29 is 24.2 Å². The van der Waals surface area contributed by atoms with Gasteiger partial charge in [-0.1, -0.05) is 11.6 Å². The number of hydrogen-bond donors (Lipinski definition) is 3. The largest absolute Gasteiger partial charge is 0.490 e. The molecule has 7 nitrogen and oxygen atoms in total. The van der Waals surface area contributed by atoms with Crippen molar-refractivity contribution in [3.05, 3.63) is 59.1 Å². The molecule has 2 amide bonds. The number of nitrogens with one attached hydrogen (secondary N) is 2. The molecule has 8 heteroatoms. The molecule has 2 aromatic rings. The zero-order valence-electron chi connectivity index (χ0n) is 17.7. The van der Waals surface area contributed by atoms with E-state index in [1.54, 1.807) is 48.5 Å². The van der Waals surface area contributed by atoms with Crippen LogP contribution in [0.25, 0.3) is 0 Å². The molecule has 0 heterocycles. The van der Waals surface area contributed by atoms with Gasteiger partial charge in [0.05, 0.1) is 12.0 Å². The number of carbonyl (C=O) groups excluding carboxylic acids is 2. The van der Waals surface area contributed by atoms with Gasteiger partial charge >= 0.3 is 12.0 Å². The number of carboxylic acids is 1. The van der Waals surface area contributed by atoms with E-state index in [1.807, 2.05) is 0 Å². The van der Waals surface area contributed by atoms with Crippen LogP contribution in [0.2, 0.25) is 5.02 Å². The monoisotopic (exact) mass is 458 g/mol. The Labute approximate surface area is 192 Å². The zero-order valence-corrected chi connectivity index (χ0v) is 18.4. The van der Waals surface area contributed by atoms with Crippen molar-refractivity contribution in [2.24, 2.45) is 5.92 Å². The van der Waals surface area contributed by atoms with Gasteiger partial charge in [-0.2, -0.15) is 0 Å². The van der Waals surface area contributed by atoms with Crippen LogP contribution in [0.5, 0.6) is 5.75 Å². The van der Waals surface area contributed by atoms with Gasteiger partial charge in [0.1, 0.15) is 5.75 Å². The smallest absolute Gasteiger partial charge is 0.319 e. The van der Waals surface area contributed by atoms with E-state index in [2.05, 4.69) is 10.6 Å².